The Morgan fingerprint density at radius 3 is 2.53 bits per heavy atom. The summed E-state index contributed by atoms with van der Waals surface area (Å²) < 4.78 is 13.0. The minimum atomic E-state index is -0.600. The molecule has 3 nitrogen and oxygen atoms in total. The second-order valence-electron chi connectivity index (χ2n) is 3.89. The normalized spacial score (nSPS) is 10.2. The van der Waals surface area contributed by atoms with Crippen LogP contribution in [0.25, 0.3) is 0 Å². The molecular weight excluding hydrogens is 269 g/mol. The lowest BCUT2D eigenvalue weighted by atomic mass is 10.0. The number of halogens is 2. The third-order valence-electron chi connectivity index (χ3n) is 2.55. The number of carbonyl (C=O) groups excluding carboxylic acids is 2. The quantitative estimate of drug-likeness (QED) is 0.636. The average Bonchev–Trinajstić information content (AvgIpc) is 2.42. The molecular formula is C14H9ClFNO2. The van der Waals surface area contributed by atoms with Gasteiger partial charge in [-0.1, -0.05) is 11.6 Å². The van der Waals surface area contributed by atoms with Gasteiger partial charge in [-0.2, -0.15) is 0 Å². The van der Waals surface area contributed by atoms with Gasteiger partial charge in [0.1, 0.15) is 5.82 Å². The fourth-order valence-electron chi connectivity index (χ4n) is 1.55. The Morgan fingerprint density at radius 1 is 1.16 bits per heavy atom. The summed E-state index contributed by atoms with van der Waals surface area (Å²) in [5.41, 5.74) is 0.577. The Morgan fingerprint density at radius 2 is 1.89 bits per heavy atom. The standard InChI is InChI=1S/C14H9ClFNO2/c15-11-6-9(3-4-12(11)16)13(18)7-14(19)10-2-1-5-17-8-10/h1-6,8H,7H2. The van der Waals surface area contributed by atoms with Crippen LogP contribution in [0.15, 0.2) is 42.7 Å². The van der Waals surface area contributed by atoms with E-state index in [1.165, 1.54) is 18.3 Å². The van der Waals surface area contributed by atoms with Gasteiger partial charge in [0.15, 0.2) is 11.6 Å². The first-order valence-corrected chi connectivity index (χ1v) is 5.87. The van der Waals surface area contributed by atoms with Crippen molar-refractivity contribution in [2.24, 2.45) is 0 Å². The van der Waals surface area contributed by atoms with Crippen molar-refractivity contribution >= 4 is 23.2 Å². The summed E-state index contributed by atoms with van der Waals surface area (Å²) in [6.07, 6.45) is 2.64. The molecule has 0 amide bonds. The molecule has 0 aliphatic carbocycles. The summed E-state index contributed by atoms with van der Waals surface area (Å²) in [7, 11) is 0. The Hall–Kier alpha value is -2.07. The highest BCUT2D eigenvalue weighted by molar-refractivity contribution is 6.31. The maximum absolute atomic E-state index is 13.0. The van der Waals surface area contributed by atoms with Crippen molar-refractivity contribution in [2.75, 3.05) is 0 Å². The zero-order valence-electron chi connectivity index (χ0n) is 9.77. The molecule has 0 fully saturated rings. The van der Waals surface area contributed by atoms with Gasteiger partial charge in [-0.15, -0.1) is 0 Å². The largest absolute Gasteiger partial charge is 0.294 e. The average molecular weight is 278 g/mol. The Kier molecular flexibility index (Phi) is 4.02. The third kappa shape index (κ3) is 3.23. The maximum Gasteiger partial charge on any atom is 0.172 e. The van der Waals surface area contributed by atoms with Gasteiger partial charge in [0.2, 0.25) is 0 Å². The molecule has 0 radical (unpaired) electrons. The van der Waals surface area contributed by atoms with Crippen molar-refractivity contribution in [1.29, 1.82) is 0 Å². The molecule has 0 saturated heterocycles. The van der Waals surface area contributed by atoms with Gasteiger partial charge in [-0.05, 0) is 30.3 Å². The zero-order chi connectivity index (χ0) is 13.8. The van der Waals surface area contributed by atoms with E-state index in [2.05, 4.69) is 4.98 Å². The van der Waals surface area contributed by atoms with Crippen LogP contribution in [0.3, 0.4) is 0 Å². The lowest BCUT2D eigenvalue weighted by Gasteiger charge is -2.02. The minimum absolute atomic E-state index is 0.139. The smallest absolute Gasteiger partial charge is 0.172 e. The number of rotatable bonds is 4. The van der Waals surface area contributed by atoms with E-state index in [0.29, 0.717) is 5.56 Å². The molecule has 1 heterocycles. The Bertz CT molecular complexity index is 629. The van der Waals surface area contributed by atoms with Gasteiger partial charge in [-0.3, -0.25) is 14.6 Å². The summed E-state index contributed by atoms with van der Waals surface area (Å²) >= 11 is 5.59. The first-order valence-electron chi connectivity index (χ1n) is 5.49. The number of hydrogen-bond donors (Lipinski definition) is 0. The van der Waals surface area contributed by atoms with Gasteiger partial charge in [0.05, 0.1) is 11.4 Å². The van der Waals surface area contributed by atoms with Crippen molar-refractivity contribution < 1.29 is 14.0 Å². The predicted molar refractivity (Wildman–Crippen MR) is 68.9 cm³/mol. The molecule has 1 aromatic heterocycles. The molecule has 0 spiro atoms. The summed E-state index contributed by atoms with van der Waals surface area (Å²) in [5.74, 6) is -1.34. The molecule has 0 unspecified atom stereocenters. The summed E-state index contributed by atoms with van der Waals surface area (Å²) in [4.78, 5) is 27.5. The number of carbonyl (C=O) groups is 2. The lowest BCUT2D eigenvalue weighted by Crippen LogP contribution is -2.09. The van der Waals surface area contributed by atoms with Gasteiger partial charge in [0.25, 0.3) is 0 Å². The van der Waals surface area contributed by atoms with E-state index in [-0.39, 0.29) is 22.8 Å². The SMILES string of the molecule is O=C(CC(=O)c1ccc(F)c(Cl)c1)c1cccnc1. The van der Waals surface area contributed by atoms with Gasteiger partial charge < -0.3 is 0 Å². The van der Waals surface area contributed by atoms with E-state index in [9.17, 15) is 14.0 Å². The molecule has 2 rings (SSSR count). The molecule has 1 aromatic carbocycles. The highest BCUT2D eigenvalue weighted by Gasteiger charge is 2.14. The molecule has 0 atom stereocenters. The number of benzene rings is 1. The van der Waals surface area contributed by atoms with E-state index >= 15 is 0 Å². The molecule has 96 valence electrons. The van der Waals surface area contributed by atoms with Crippen LogP contribution in [0.5, 0.6) is 0 Å². The highest BCUT2D eigenvalue weighted by Crippen LogP contribution is 2.17. The van der Waals surface area contributed by atoms with Crippen LogP contribution in [0.1, 0.15) is 27.1 Å². The lowest BCUT2D eigenvalue weighted by molar-refractivity contribution is 0.0894. The van der Waals surface area contributed by atoms with E-state index in [1.807, 2.05) is 0 Å². The van der Waals surface area contributed by atoms with Gasteiger partial charge in [0, 0.05) is 23.5 Å². The predicted octanol–water partition coefficient (Wildman–Crippen LogP) is 3.33. The van der Waals surface area contributed by atoms with E-state index < -0.39 is 11.6 Å². The van der Waals surface area contributed by atoms with Crippen molar-refractivity contribution in [2.45, 2.75) is 6.42 Å². The van der Waals surface area contributed by atoms with Crippen LogP contribution >= 0.6 is 11.6 Å². The topological polar surface area (TPSA) is 47.0 Å². The summed E-state index contributed by atoms with van der Waals surface area (Å²) in [5, 5.41) is -0.139. The maximum atomic E-state index is 13.0. The van der Waals surface area contributed by atoms with E-state index in [0.717, 1.165) is 6.07 Å². The van der Waals surface area contributed by atoms with Gasteiger partial charge in [-0.25, -0.2) is 4.39 Å². The summed E-state index contributed by atoms with van der Waals surface area (Å²) in [6, 6.07) is 6.83. The fourth-order valence-corrected chi connectivity index (χ4v) is 1.73. The van der Waals surface area contributed by atoms with Crippen LogP contribution in [-0.2, 0) is 0 Å². The first-order chi connectivity index (χ1) is 9.08. The summed E-state index contributed by atoms with van der Waals surface area (Å²) in [6.45, 7) is 0. The number of Topliss-reactive ketones (excluding diaryl/α,β-unsaturated/α-hetero) is 2. The van der Waals surface area contributed by atoms with Crippen LogP contribution in [0, 0.1) is 5.82 Å². The van der Waals surface area contributed by atoms with Crippen LogP contribution < -0.4 is 0 Å². The Balaban J connectivity index is 2.13. The second-order valence-corrected chi connectivity index (χ2v) is 4.30. The van der Waals surface area contributed by atoms with Crippen molar-refractivity contribution in [3.8, 4) is 0 Å². The van der Waals surface area contributed by atoms with Crippen molar-refractivity contribution in [3.05, 3.63) is 64.7 Å². The molecule has 2 aromatic rings. The number of aromatic nitrogens is 1. The number of pyridine rings is 1. The third-order valence-corrected chi connectivity index (χ3v) is 2.84. The molecule has 0 bridgehead atoms. The van der Waals surface area contributed by atoms with E-state index in [4.69, 9.17) is 11.6 Å². The fraction of sp³-hybridized carbons (Fsp3) is 0.0714. The first kappa shape index (κ1) is 13.4. The molecule has 0 N–H and O–H groups in total. The second kappa shape index (κ2) is 5.71. The van der Waals surface area contributed by atoms with Crippen LogP contribution in [0.2, 0.25) is 5.02 Å². The van der Waals surface area contributed by atoms with Crippen LogP contribution in [0.4, 0.5) is 4.39 Å². The number of ketones is 2. The van der Waals surface area contributed by atoms with Crippen molar-refractivity contribution in [1.82, 2.24) is 4.98 Å². The highest BCUT2D eigenvalue weighted by atomic mass is 35.5. The monoisotopic (exact) mass is 277 g/mol. The molecule has 0 aliphatic heterocycles. The minimum Gasteiger partial charge on any atom is -0.294 e. The van der Waals surface area contributed by atoms with Gasteiger partial charge >= 0.3 is 0 Å². The number of nitrogens with zero attached hydrogens (tertiary/aromatic N) is 1. The number of hydrogen-bond acceptors (Lipinski definition) is 3. The Labute approximate surface area is 114 Å². The van der Waals surface area contributed by atoms with Crippen molar-refractivity contribution in [3.63, 3.8) is 0 Å². The van der Waals surface area contributed by atoms with Crippen LogP contribution in [-0.4, -0.2) is 16.6 Å². The molecule has 19 heavy (non-hydrogen) atoms. The molecule has 0 saturated carbocycles. The zero-order valence-corrected chi connectivity index (χ0v) is 10.5. The van der Waals surface area contributed by atoms with E-state index in [1.54, 1.807) is 18.3 Å². The molecule has 0 aliphatic rings. The molecule has 5 heteroatoms.